The first-order chi connectivity index (χ1) is 13.3. The van der Waals surface area contributed by atoms with Gasteiger partial charge in [0.15, 0.2) is 6.10 Å². The van der Waals surface area contributed by atoms with E-state index in [2.05, 4.69) is 5.32 Å². The molecule has 1 N–H and O–H groups in total. The minimum Gasteiger partial charge on any atom is -0.449 e. The highest BCUT2D eigenvalue weighted by Gasteiger charge is 2.26. The molecule has 2 heterocycles. The van der Waals surface area contributed by atoms with Crippen molar-refractivity contribution in [3.05, 3.63) is 69.9 Å². The Kier molecular flexibility index (Phi) is 5.70. The van der Waals surface area contributed by atoms with E-state index in [0.29, 0.717) is 5.56 Å². The van der Waals surface area contributed by atoms with Gasteiger partial charge in [-0.05, 0) is 63.4 Å². The van der Waals surface area contributed by atoms with Crippen molar-refractivity contribution in [3.63, 3.8) is 0 Å². The van der Waals surface area contributed by atoms with Crippen LogP contribution in [0.3, 0.4) is 0 Å². The van der Waals surface area contributed by atoms with Crippen LogP contribution in [0.25, 0.3) is 5.00 Å². The Hall–Kier alpha value is -2.86. The van der Waals surface area contributed by atoms with Crippen molar-refractivity contribution in [2.75, 3.05) is 5.32 Å². The van der Waals surface area contributed by atoms with Crippen LogP contribution in [0.5, 0.6) is 0 Å². The molecule has 3 aromatic rings. The molecule has 0 radical (unpaired) electrons. The quantitative estimate of drug-likeness (QED) is 0.620. The maximum absolute atomic E-state index is 12.9. The molecule has 0 aliphatic carbocycles. The zero-order valence-corrected chi connectivity index (χ0v) is 17.5. The number of para-hydroxylation sites is 1. The molecule has 1 atom stereocenters. The number of nitrogens with one attached hydrogen (secondary N) is 1. The zero-order valence-electron chi connectivity index (χ0n) is 16.7. The Labute approximate surface area is 169 Å². The molecular weight excluding hydrogens is 372 g/mol. The van der Waals surface area contributed by atoms with Crippen molar-refractivity contribution < 1.29 is 14.3 Å². The van der Waals surface area contributed by atoms with E-state index in [-0.39, 0.29) is 5.91 Å². The molecule has 0 spiro atoms. The maximum atomic E-state index is 12.9. The molecule has 0 aliphatic heterocycles. The van der Waals surface area contributed by atoms with Crippen LogP contribution in [0.15, 0.2) is 42.7 Å². The lowest BCUT2D eigenvalue weighted by Gasteiger charge is -2.16. The SMILES string of the molecule is Cc1cccc(C)c1NC(=O)[C@H](C)OC(=O)c1c(-n2cccc2)sc(C)c1C. The molecule has 3 rings (SSSR count). The van der Waals surface area contributed by atoms with Crippen LogP contribution in [0, 0.1) is 27.7 Å². The second kappa shape index (κ2) is 8.02. The third kappa shape index (κ3) is 3.87. The second-order valence-electron chi connectivity index (χ2n) is 6.86. The molecule has 2 aromatic heterocycles. The standard InChI is InChI=1S/C22H24N2O3S/c1-13-9-8-10-14(2)19(13)23-20(25)16(4)27-22(26)18-15(3)17(5)28-21(18)24-11-6-7-12-24/h6-12,16H,1-5H3,(H,23,25)/t16-/m0/s1. The van der Waals surface area contributed by atoms with Crippen LogP contribution in [0.1, 0.15) is 38.8 Å². The number of hydrogen-bond acceptors (Lipinski definition) is 4. The number of amides is 1. The Bertz CT molecular complexity index is 999. The van der Waals surface area contributed by atoms with Gasteiger partial charge in [-0.2, -0.15) is 0 Å². The third-order valence-corrected chi connectivity index (χ3v) is 6.01. The lowest BCUT2D eigenvalue weighted by atomic mass is 10.1. The van der Waals surface area contributed by atoms with E-state index < -0.39 is 12.1 Å². The van der Waals surface area contributed by atoms with Crippen LogP contribution in [0.2, 0.25) is 0 Å². The summed E-state index contributed by atoms with van der Waals surface area (Å²) in [6.07, 6.45) is 2.86. The molecular formula is C22H24N2O3S. The van der Waals surface area contributed by atoms with E-state index in [4.69, 9.17) is 4.74 Å². The summed E-state index contributed by atoms with van der Waals surface area (Å²) >= 11 is 1.53. The molecule has 1 aromatic carbocycles. The molecule has 5 nitrogen and oxygen atoms in total. The highest BCUT2D eigenvalue weighted by Crippen LogP contribution is 2.32. The maximum Gasteiger partial charge on any atom is 0.342 e. The van der Waals surface area contributed by atoms with E-state index in [1.54, 1.807) is 6.92 Å². The van der Waals surface area contributed by atoms with Gasteiger partial charge in [0, 0.05) is 23.0 Å². The highest BCUT2D eigenvalue weighted by atomic mass is 32.1. The van der Waals surface area contributed by atoms with Crippen LogP contribution >= 0.6 is 11.3 Å². The Balaban J connectivity index is 1.79. The molecule has 28 heavy (non-hydrogen) atoms. The molecule has 0 unspecified atom stereocenters. The largest absolute Gasteiger partial charge is 0.449 e. The summed E-state index contributed by atoms with van der Waals surface area (Å²) in [5, 5.41) is 3.68. The fourth-order valence-corrected chi connectivity index (χ4v) is 4.12. The topological polar surface area (TPSA) is 60.3 Å². The van der Waals surface area contributed by atoms with Crippen molar-refractivity contribution >= 4 is 28.9 Å². The minimum atomic E-state index is -0.913. The van der Waals surface area contributed by atoms with E-state index >= 15 is 0 Å². The average Bonchev–Trinajstić information content (AvgIpc) is 3.27. The van der Waals surface area contributed by atoms with Crippen molar-refractivity contribution in [2.24, 2.45) is 0 Å². The summed E-state index contributed by atoms with van der Waals surface area (Å²) in [4.78, 5) is 26.5. The van der Waals surface area contributed by atoms with Gasteiger partial charge in [0.25, 0.3) is 5.91 Å². The fraction of sp³-hybridized carbons (Fsp3) is 0.273. The number of nitrogens with zero attached hydrogens (tertiary/aromatic N) is 1. The highest BCUT2D eigenvalue weighted by molar-refractivity contribution is 7.15. The lowest BCUT2D eigenvalue weighted by molar-refractivity contribution is -0.123. The van der Waals surface area contributed by atoms with Gasteiger partial charge >= 0.3 is 5.97 Å². The van der Waals surface area contributed by atoms with E-state index in [0.717, 1.165) is 32.3 Å². The van der Waals surface area contributed by atoms with Gasteiger partial charge in [-0.25, -0.2) is 4.79 Å². The monoisotopic (exact) mass is 396 g/mol. The van der Waals surface area contributed by atoms with E-state index in [9.17, 15) is 9.59 Å². The molecule has 0 bridgehead atoms. The predicted molar refractivity (Wildman–Crippen MR) is 113 cm³/mol. The first-order valence-electron chi connectivity index (χ1n) is 9.11. The Morgan fingerprint density at radius 3 is 2.25 bits per heavy atom. The lowest BCUT2D eigenvalue weighted by Crippen LogP contribution is -2.30. The van der Waals surface area contributed by atoms with Gasteiger partial charge in [0.1, 0.15) is 5.00 Å². The molecule has 6 heteroatoms. The van der Waals surface area contributed by atoms with Crippen molar-refractivity contribution in [3.8, 4) is 5.00 Å². The van der Waals surface area contributed by atoms with E-state index in [1.165, 1.54) is 11.3 Å². The normalized spacial score (nSPS) is 11.9. The molecule has 0 aliphatic rings. The van der Waals surface area contributed by atoms with Crippen molar-refractivity contribution in [1.29, 1.82) is 0 Å². The summed E-state index contributed by atoms with van der Waals surface area (Å²) in [5.74, 6) is -0.840. The molecule has 0 saturated heterocycles. The van der Waals surface area contributed by atoms with Crippen LogP contribution in [-0.2, 0) is 9.53 Å². The molecule has 146 valence electrons. The predicted octanol–water partition coefficient (Wildman–Crippen LogP) is 4.96. The van der Waals surface area contributed by atoms with Crippen LogP contribution < -0.4 is 5.32 Å². The summed E-state index contributed by atoms with van der Waals surface area (Å²) in [7, 11) is 0. The number of thiophene rings is 1. The number of aromatic nitrogens is 1. The smallest absolute Gasteiger partial charge is 0.342 e. The number of rotatable bonds is 5. The number of hydrogen-bond donors (Lipinski definition) is 1. The summed E-state index contributed by atoms with van der Waals surface area (Å²) in [5.41, 5.74) is 4.06. The van der Waals surface area contributed by atoms with Gasteiger partial charge in [0.2, 0.25) is 0 Å². The Morgan fingerprint density at radius 1 is 1.04 bits per heavy atom. The van der Waals surface area contributed by atoms with Crippen LogP contribution in [0.4, 0.5) is 5.69 Å². The molecule has 1 amide bonds. The summed E-state index contributed by atoms with van der Waals surface area (Å²) < 4.78 is 7.42. The second-order valence-corrected chi connectivity index (χ2v) is 8.06. The number of carbonyl (C=O) groups is 2. The fourth-order valence-electron chi connectivity index (χ4n) is 3.01. The van der Waals surface area contributed by atoms with Gasteiger partial charge in [-0.3, -0.25) is 4.79 Å². The number of carbonyl (C=O) groups excluding carboxylic acids is 2. The summed E-state index contributed by atoms with van der Waals surface area (Å²) in [6.45, 7) is 9.32. The average molecular weight is 397 g/mol. The minimum absolute atomic E-state index is 0.349. The zero-order chi connectivity index (χ0) is 20.4. The number of anilines is 1. The van der Waals surface area contributed by atoms with Gasteiger partial charge in [-0.15, -0.1) is 11.3 Å². The molecule has 0 fully saturated rings. The number of benzene rings is 1. The third-order valence-electron chi connectivity index (χ3n) is 4.79. The Morgan fingerprint density at radius 2 is 1.64 bits per heavy atom. The van der Waals surface area contributed by atoms with E-state index in [1.807, 2.05) is 75.0 Å². The number of esters is 1. The van der Waals surface area contributed by atoms with Gasteiger partial charge < -0.3 is 14.6 Å². The van der Waals surface area contributed by atoms with Crippen LogP contribution in [-0.4, -0.2) is 22.5 Å². The first-order valence-corrected chi connectivity index (χ1v) is 9.92. The summed E-state index contributed by atoms with van der Waals surface area (Å²) in [6, 6.07) is 9.61. The number of ether oxygens (including phenoxy) is 1. The number of aryl methyl sites for hydroxylation is 3. The first kappa shape index (κ1) is 19.9. The van der Waals surface area contributed by atoms with Gasteiger partial charge in [0.05, 0.1) is 5.56 Å². The van der Waals surface area contributed by atoms with Gasteiger partial charge in [-0.1, -0.05) is 18.2 Å². The van der Waals surface area contributed by atoms with Crippen molar-refractivity contribution in [2.45, 2.75) is 40.7 Å². The molecule has 0 saturated carbocycles. The van der Waals surface area contributed by atoms with Crippen molar-refractivity contribution in [1.82, 2.24) is 4.57 Å².